The van der Waals surface area contributed by atoms with Crippen molar-refractivity contribution in [2.24, 2.45) is 0 Å². The van der Waals surface area contributed by atoms with Gasteiger partial charge in [-0.1, -0.05) is 0 Å². The van der Waals surface area contributed by atoms with Gasteiger partial charge in [0.15, 0.2) is 0 Å². The minimum absolute atomic E-state index is 0.327. The summed E-state index contributed by atoms with van der Waals surface area (Å²) in [5, 5.41) is 12.6. The summed E-state index contributed by atoms with van der Waals surface area (Å²) in [6.07, 6.45) is 1.99. The van der Waals surface area contributed by atoms with Crippen LogP contribution in [0.25, 0.3) is 0 Å². The zero-order chi connectivity index (χ0) is 9.86. The first kappa shape index (κ1) is 9.91. The van der Waals surface area contributed by atoms with Gasteiger partial charge in [-0.25, -0.2) is 0 Å². The molecular weight excluding hydrogens is 178 g/mol. The number of hydrogen-bond acceptors (Lipinski definition) is 4. The highest BCUT2D eigenvalue weighted by atomic mass is 16.5. The molecule has 0 spiro atoms. The predicted octanol–water partition coefficient (Wildman–Crippen LogP) is -0.0356. The summed E-state index contributed by atoms with van der Waals surface area (Å²) in [7, 11) is 0. The van der Waals surface area contributed by atoms with E-state index in [0.29, 0.717) is 6.61 Å². The third kappa shape index (κ3) is 1.76. The minimum Gasteiger partial charge on any atom is -0.378 e. The van der Waals surface area contributed by atoms with Crippen LogP contribution < -0.4 is 5.32 Å². The van der Waals surface area contributed by atoms with Crippen molar-refractivity contribution >= 4 is 0 Å². The zero-order valence-corrected chi connectivity index (χ0v) is 8.46. The second-order valence-corrected chi connectivity index (χ2v) is 4.04. The van der Waals surface area contributed by atoms with Crippen molar-refractivity contribution in [3.05, 3.63) is 0 Å². The van der Waals surface area contributed by atoms with Crippen molar-refractivity contribution in [3.63, 3.8) is 0 Å². The van der Waals surface area contributed by atoms with E-state index in [4.69, 9.17) is 4.74 Å². The lowest BCUT2D eigenvalue weighted by atomic mass is 9.98. The highest BCUT2D eigenvalue weighted by Gasteiger charge is 2.40. The van der Waals surface area contributed by atoms with Gasteiger partial charge in [0.1, 0.15) is 5.54 Å². The minimum atomic E-state index is -0.327. The Hall–Kier alpha value is -0.630. The highest BCUT2D eigenvalue weighted by Crippen LogP contribution is 2.25. The van der Waals surface area contributed by atoms with E-state index in [1.807, 2.05) is 0 Å². The molecule has 78 valence electrons. The van der Waals surface area contributed by atoms with Gasteiger partial charge in [0.05, 0.1) is 12.7 Å². The zero-order valence-electron chi connectivity index (χ0n) is 8.46. The Morgan fingerprint density at radius 3 is 3.00 bits per heavy atom. The number of rotatable bonds is 1. The summed E-state index contributed by atoms with van der Waals surface area (Å²) in [6.45, 7) is 5.37. The van der Waals surface area contributed by atoms with Crippen molar-refractivity contribution in [1.82, 2.24) is 10.2 Å². The average molecular weight is 195 g/mol. The van der Waals surface area contributed by atoms with Gasteiger partial charge >= 0.3 is 0 Å². The van der Waals surface area contributed by atoms with E-state index in [-0.39, 0.29) is 5.54 Å². The fraction of sp³-hybridized carbons (Fsp3) is 0.900. The lowest BCUT2D eigenvalue weighted by Crippen LogP contribution is -2.49. The van der Waals surface area contributed by atoms with Gasteiger partial charge in [0.25, 0.3) is 0 Å². The topological polar surface area (TPSA) is 48.3 Å². The maximum atomic E-state index is 9.27. The van der Waals surface area contributed by atoms with Crippen molar-refractivity contribution in [2.75, 3.05) is 39.4 Å². The van der Waals surface area contributed by atoms with Crippen LogP contribution >= 0.6 is 0 Å². The Bertz CT molecular complexity index is 222. The molecule has 4 heteroatoms. The number of nitrogens with one attached hydrogen (secondary N) is 1. The largest absolute Gasteiger partial charge is 0.378 e. The summed E-state index contributed by atoms with van der Waals surface area (Å²) in [6, 6.07) is 2.45. The monoisotopic (exact) mass is 195 g/mol. The second-order valence-electron chi connectivity index (χ2n) is 4.04. The van der Waals surface area contributed by atoms with Crippen molar-refractivity contribution in [2.45, 2.75) is 18.4 Å². The molecule has 2 rings (SSSR count). The standard InChI is InChI=1S/C10H17N3O/c11-8-10(2-7-14-9-10)13-5-1-3-12-4-6-13/h12H,1-7,9H2. The maximum absolute atomic E-state index is 9.27. The maximum Gasteiger partial charge on any atom is 0.135 e. The molecule has 1 unspecified atom stereocenters. The Kier molecular flexibility index (Phi) is 3.02. The van der Waals surface area contributed by atoms with Crippen LogP contribution in [-0.2, 0) is 4.74 Å². The molecule has 0 aromatic rings. The lowest BCUT2D eigenvalue weighted by molar-refractivity contribution is 0.110. The van der Waals surface area contributed by atoms with Crippen LogP contribution in [0, 0.1) is 11.3 Å². The molecular formula is C10H17N3O. The SMILES string of the molecule is N#CC1(N2CCCNCC2)CCOC1. The van der Waals surface area contributed by atoms with Crippen LogP contribution in [0.2, 0.25) is 0 Å². The first-order valence-electron chi connectivity index (χ1n) is 5.32. The smallest absolute Gasteiger partial charge is 0.135 e. The molecule has 0 radical (unpaired) electrons. The molecule has 0 bridgehead atoms. The van der Waals surface area contributed by atoms with Crippen LogP contribution in [-0.4, -0.2) is 49.8 Å². The molecule has 2 heterocycles. The molecule has 2 fully saturated rings. The van der Waals surface area contributed by atoms with Crippen LogP contribution in [0.5, 0.6) is 0 Å². The molecule has 0 aromatic heterocycles. The van der Waals surface area contributed by atoms with Gasteiger partial charge in [-0.3, -0.25) is 4.90 Å². The first-order valence-corrected chi connectivity index (χ1v) is 5.32. The van der Waals surface area contributed by atoms with Gasteiger partial charge in [-0.15, -0.1) is 0 Å². The van der Waals surface area contributed by atoms with E-state index in [9.17, 15) is 5.26 Å². The summed E-state index contributed by atoms with van der Waals surface area (Å²) in [4.78, 5) is 2.29. The molecule has 1 atom stereocenters. The summed E-state index contributed by atoms with van der Waals surface area (Å²) < 4.78 is 5.36. The summed E-state index contributed by atoms with van der Waals surface area (Å²) in [5.74, 6) is 0. The van der Waals surface area contributed by atoms with Crippen LogP contribution in [0.15, 0.2) is 0 Å². The van der Waals surface area contributed by atoms with Crippen LogP contribution in [0.4, 0.5) is 0 Å². The van der Waals surface area contributed by atoms with E-state index >= 15 is 0 Å². The van der Waals surface area contributed by atoms with Crippen LogP contribution in [0.1, 0.15) is 12.8 Å². The van der Waals surface area contributed by atoms with E-state index in [0.717, 1.165) is 45.6 Å². The number of nitriles is 1. The third-order valence-electron chi connectivity index (χ3n) is 3.15. The molecule has 4 nitrogen and oxygen atoms in total. The molecule has 0 aliphatic carbocycles. The Balaban J connectivity index is 2.06. The molecule has 2 saturated heterocycles. The van der Waals surface area contributed by atoms with Gasteiger partial charge < -0.3 is 10.1 Å². The van der Waals surface area contributed by atoms with E-state index in [1.54, 1.807) is 0 Å². The van der Waals surface area contributed by atoms with Crippen LogP contribution in [0.3, 0.4) is 0 Å². The fourth-order valence-corrected chi connectivity index (χ4v) is 2.24. The average Bonchev–Trinajstić information content (AvgIpc) is 2.54. The van der Waals surface area contributed by atoms with E-state index < -0.39 is 0 Å². The highest BCUT2D eigenvalue weighted by molar-refractivity contribution is 5.11. The quantitative estimate of drug-likeness (QED) is 0.638. The molecule has 2 aliphatic heterocycles. The lowest BCUT2D eigenvalue weighted by Gasteiger charge is -2.33. The fourth-order valence-electron chi connectivity index (χ4n) is 2.24. The van der Waals surface area contributed by atoms with Crippen molar-refractivity contribution in [3.8, 4) is 6.07 Å². The molecule has 14 heavy (non-hydrogen) atoms. The molecule has 0 saturated carbocycles. The second kappa shape index (κ2) is 4.26. The number of ether oxygens (including phenoxy) is 1. The first-order chi connectivity index (χ1) is 6.87. The molecule has 0 aromatic carbocycles. The summed E-state index contributed by atoms with van der Waals surface area (Å²) >= 11 is 0. The number of hydrogen-bond donors (Lipinski definition) is 1. The summed E-state index contributed by atoms with van der Waals surface area (Å²) in [5.41, 5.74) is -0.327. The number of nitrogens with zero attached hydrogens (tertiary/aromatic N) is 2. The van der Waals surface area contributed by atoms with Gasteiger partial charge in [-0.05, 0) is 13.0 Å². The van der Waals surface area contributed by atoms with E-state index in [2.05, 4.69) is 16.3 Å². The van der Waals surface area contributed by atoms with Gasteiger partial charge in [-0.2, -0.15) is 5.26 Å². The Morgan fingerprint density at radius 2 is 2.29 bits per heavy atom. The van der Waals surface area contributed by atoms with E-state index in [1.165, 1.54) is 0 Å². The molecule has 1 N–H and O–H groups in total. The van der Waals surface area contributed by atoms with Gasteiger partial charge in [0, 0.05) is 32.7 Å². The third-order valence-corrected chi connectivity index (χ3v) is 3.15. The molecule has 0 amide bonds. The molecule has 2 aliphatic rings. The normalized spacial score (nSPS) is 35.1. The van der Waals surface area contributed by atoms with Crippen molar-refractivity contribution in [1.29, 1.82) is 5.26 Å². The Labute approximate surface area is 84.8 Å². The predicted molar refractivity (Wildman–Crippen MR) is 52.8 cm³/mol. The van der Waals surface area contributed by atoms with Gasteiger partial charge in [0.2, 0.25) is 0 Å². The van der Waals surface area contributed by atoms with Crippen molar-refractivity contribution < 1.29 is 4.74 Å². The Morgan fingerprint density at radius 1 is 1.36 bits per heavy atom.